The number of nitrogens with zero attached hydrogens (tertiary/aromatic N) is 3. The van der Waals surface area contributed by atoms with E-state index in [1.165, 1.54) is 43.5 Å². The Morgan fingerprint density at radius 3 is 1.77 bits per heavy atom. The monoisotopic (exact) mass is 560 g/mol. The van der Waals surface area contributed by atoms with E-state index in [0.29, 0.717) is 11.3 Å². The molecular weight excluding hydrogens is 536 g/mol. The number of benzene rings is 2. The number of aromatic nitrogens is 1. The zero-order valence-corrected chi connectivity index (χ0v) is 21.6. The third kappa shape index (κ3) is 8.07. The SMILES string of the molecule is COC(=O)C(C(C)=O)C(=O)c1ccc([N+](=O)[O-])cc1.COC(=O)c1c(C)noc1-c1ccc([N+](=O)[O-])cc1.NO. The van der Waals surface area contributed by atoms with Gasteiger partial charge in [-0.05, 0) is 38.1 Å². The van der Waals surface area contributed by atoms with Crippen LogP contribution in [-0.4, -0.2) is 57.9 Å². The van der Waals surface area contributed by atoms with Crippen LogP contribution in [0.25, 0.3) is 11.3 Å². The number of nitro benzene ring substituents is 2. The van der Waals surface area contributed by atoms with E-state index in [-0.39, 0.29) is 28.3 Å². The zero-order valence-electron chi connectivity index (χ0n) is 21.6. The largest absolute Gasteiger partial charge is 0.468 e. The van der Waals surface area contributed by atoms with Gasteiger partial charge in [-0.25, -0.2) is 10.7 Å². The van der Waals surface area contributed by atoms with Gasteiger partial charge >= 0.3 is 11.9 Å². The molecule has 3 aromatic rings. The van der Waals surface area contributed by atoms with E-state index >= 15 is 0 Å². The van der Waals surface area contributed by atoms with Crippen LogP contribution in [0.2, 0.25) is 0 Å². The smallest absolute Gasteiger partial charge is 0.343 e. The predicted molar refractivity (Wildman–Crippen MR) is 134 cm³/mol. The van der Waals surface area contributed by atoms with Crippen molar-refractivity contribution in [2.75, 3.05) is 14.2 Å². The third-order valence-electron chi connectivity index (χ3n) is 5.06. The second-order valence-electron chi connectivity index (χ2n) is 7.50. The number of aryl methyl sites for hydroxylation is 1. The Bertz CT molecular complexity index is 1380. The summed E-state index contributed by atoms with van der Waals surface area (Å²) in [5.41, 5.74) is 0.952. The van der Waals surface area contributed by atoms with Gasteiger partial charge in [-0.2, -0.15) is 0 Å². The Labute approximate surface area is 225 Å². The molecule has 2 aromatic carbocycles. The quantitative estimate of drug-likeness (QED) is 0.132. The van der Waals surface area contributed by atoms with Crippen LogP contribution in [0, 0.1) is 33.1 Å². The number of hydrogen-bond donors (Lipinski definition) is 2. The molecule has 1 atom stereocenters. The van der Waals surface area contributed by atoms with Crippen LogP contribution >= 0.6 is 0 Å². The van der Waals surface area contributed by atoms with E-state index in [2.05, 4.69) is 20.5 Å². The molecule has 0 aliphatic rings. The molecule has 16 nitrogen and oxygen atoms in total. The average Bonchev–Trinajstić information content (AvgIpc) is 3.35. The Morgan fingerprint density at radius 1 is 0.900 bits per heavy atom. The third-order valence-corrected chi connectivity index (χ3v) is 5.06. The van der Waals surface area contributed by atoms with Crippen LogP contribution < -0.4 is 5.90 Å². The highest BCUT2D eigenvalue weighted by Crippen LogP contribution is 2.28. The molecule has 0 aliphatic heterocycles. The fourth-order valence-corrected chi connectivity index (χ4v) is 3.13. The number of hydrogen-bond acceptors (Lipinski definition) is 14. The topological polar surface area (TPSA) is 245 Å². The fraction of sp³-hybridized carbons (Fsp3) is 0.208. The lowest BCUT2D eigenvalue weighted by Gasteiger charge is -2.10. The van der Waals surface area contributed by atoms with Crippen molar-refractivity contribution in [2.45, 2.75) is 13.8 Å². The van der Waals surface area contributed by atoms with Crippen molar-refractivity contribution < 1.29 is 48.2 Å². The van der Waals surface area contributed by atoms with Crippen LogP contribution in [-0.2, 0) is 19.1 Å². The first-order chi connectivity index (χ1) is 18.9. The van der Waals surface area contributed by atoms with Crippen LogP contribution in [0.3, 0.4) is 0 Å². The molecule has 3 rings (SSSR count). The summed E-state index contributed by atoms with van der Waals surface area (Å²) < 4.78 is 14.1. The Kier molecular flexibility index (Phi) is 12.4. The van der Waals surface area contributed by atoms with Gasteiger partial charge in [-0.1, -0.05) is 5.16 Å². The summed E-state index contributed by atoms with van der Waals surface area (Å²) in [5.74, 6) is -0.696. The molecule has 0 amide bonds. The number of carbonyl (C=O) groups is 4. The summed E-state index contributed by atoms with van der Waals surface area (Å²) in [6.45, 7) is 2.72. The van der Waals surface area contributed by atoms with Crippen molar-refractivity contribution in [3.63, 3.8) is 0 Å². The van der Waals surface area contributed by atoms with Crippen molar-refractivity contribution in [1.29, 1.82) is 0 Å². The number of ketones is 2. The number of esters is 2. The van der Waals surface area contributed by atoms with E-state index in [4.69, 9.17) is 9.73 Å². The van der Waals surface area contributed by atoms with Crippen molar-refractivity contribution in [2.24, 2.45) is 11.8 Å². The number of non-ortho nitro benzene ring substituents is 2. The minimum absolute atomic E-state index is 0.0381. The van der Waals surface area contributed by atoms with Gasteiger partial charge in [0.25, 0.3) is 11.4 Å². The first-order valence-electron chi connectivity index (χ1n) is 10.8. The molecule has 0 radical (unpaired) electrons. The lowest BCUT2D eigenvalue weighted by atomic mass is 9.94. The van der Waals surface area contributed by atoms with E-state index in [0.717, 1.165) is 26.2 Å². The standard InChI is InChI=1S/C12H10N2O5.C12H11NO6.H3NO/c1-7-10(12(15)18-2)11(19-13-7)8-3-5-9(6-4-8)14(16)17;1-7(14)10(12(16)19-2)11(15)8-3-5-9(6-4-8)13(17)18;1-2/h3-6H,1-2H3;3-6,10H,1-2H3;2H,1H2. The number of methoxy groups -OCH3 is 2. The van der Waals surface area contributed by atoms with Crippen molar-refractivity contribution >= 4 is 34.9 Å². The molecule has 1 heterocycles. The maximum Gasteiger partial charge on any atom is 0.343 e. The van der Waals surface area contributed by atoms with E-state index in [1.807, 2.05) is 0 Å². The first-order valence-corrected chi connectivity index (χ1v) is 10.8. The molecule has 0 saturated carbocycles. The number of ether oxygens (including phenoxy) is 2. The summed E-state index contributed by atoms with van der Waals surface area (Å²) in [6.07, 6.45) is 0. The van der Waals surface area contributed by atoms with Crippen molar-refractivity contribution in [3.8, 4) is 11.3 Å². The van der Waals surface area contributed by atoms with Crippen LogP contribution in [0.5, 0.6) is 0 Å². The molecule has 40 heavy (non-hydrogen) atoms. The van der Waals surface area contributed by atoms with Crippen LogP contribution in [0.1, 0.15) is 33.3 Å². The summed E-state index contributed by atoms with van der Waals surface area (Å²) in [5, 5.41) is 31.3. The highest BCUT2D eigenvalue weighted by atomic mass is 16.6. The normalized spacial score (nSPS) is 10.4. The van der Waals surface area contributed by atoms with Gasteiger partial charge in [0.05, 0.1) is 29.8 Å². The lowest BCUT2D eigenvalue weighted by molar-refractivity contribution is -0.385. The summed E-state index contributed by atoms with van der Waals surface area (Å²) in [6, 6.07) is 10.3. The van der Waals surface area contributed by atoms with Gasteiger partial charge in [0.1, 0.15) is 5.56 Å². The van der Waals surface area contributed by atoms with E-state index in [1.54, 1.807) is 6.92 Å². The van der Waals surface area contributed by atoms with Gasteiger partial charge in [0, 0.05) is 35.4 Å². The van der Waals surface area contributed by atoms with Gasteiger partial charge in [0.15, 0.2) is 23.2 Å². The van der Waals surface area contributed by atoms with Crippen molar-refractivity contribution in [1.82, 2.24) is 5.16 Å². The molecule has 0 bridgehead atoms. The van der Waals surface area contributed by atoms with Gasteiger partial charge in [-0.3, -0.25) is 34.6 Å². The number of rotatable bonds is 8. The first kappa shape index (κ1) is 32.7. The fourth-order valence-electron chi connectivity index (χ4n) is 3.13. The zero-order chi connectivity index (χ0) is 30.6. The summed E-state index contributed by atoms with van der Waals surface area (Å²) in [7, 11) is 2.33. The maximum absolute atomic E-state index is 12.0. The Hall–Kier alpha value is -5.35. The Balaban J connectivity index is 0.000000377. The highest BCUT2D eigenvalue weighted by Gasteiger charge is 2.33. The average molecular weight is 560 g/mol. The van der Waals surface area contributed by atoms with Crippen molar-refractivity contribution in [3.05, 3.63) is 85.6 Å². The minimum atomic E-state index is -1.54. The van der Waals surface area contributed by atoms with E-state index in [9.17, 15) is 39.4 Å². The molecule has 1 unspecified atom stereocenters. The van der Waals surface area contributed by atoms with Crippen LogP contribution in [0.15, 0.2) is 53.1 Å². The molecule has 0 aliphatic carbocycles. The molecule has 1 aromatic heterocycles. The maximum atomic E-state index is 12.0. The lowest BCUT2D eigenvalue weighted by Crippen LogP contribution is -2.31. The summed E-state index contributed by atoms with van der Waals surface area (Å²) >= 11 is 0. The number of carbonyl (C=O) groups excluding carboxylic acids is 4. The number of Topliss-reactive ketones (excluding diaryl/α,β-unsaturated/α-hetero) is 2. The van der Waals surface area contributed by atoms with Gasteiger partial charge in [-0.15, -0.1) is 0 Å². The van der Waals surface area contributed by atoms with Gasteiger partial charge < -0.3 is 19.2 Å². The molecular formula is C24H24N4O12. The molecule has 0 spiro atoms. The second-order valence-corrected chi connectivity index (χ2v) is 7.50. The Morgan fingerprint density at radius 2 is 1.38 bits per heavy atom. The number of nitrogens with two attached hydrogens (primary N) is 1. The molecule has 16 heteroatoms. The van der Waals surface area contributed by atoms with E-state index < -0.39 is 39.3 Å². The minimum Gasteiger partial charge on any atom is -0.468 e. The highest BCUT2D eigenvalue weighted by molar-refractivity contribution is 6.22. The molecule has 0 fully saturated rings. The second kappa shape index (κ2) is 15.2. The predicted octanol–water partition coefficient (Wildman–Crippen LogP) is 2.83. The molecule has 212 valence electrons. The number of nitro groups is 2. The van der Waals surface area contributed by atoms with Gasteiger partial charge in [0.2, 0.25) is 0 Å². The summed E-state index contributed by atoms with van der Waals surface area (Å²) in [4.78, 5) is 66.2. The van der Waals surface area contributed by atoms with Crippen LogP contribution in [0.4, 0.5) is 11.4 Å². The molecule has 3 N–H and O–H groups in total. The molecule has 0 saturated heterocycles.